The van der Waals surface area contributed by atoms with Crippen LogP contribution in [0.1, 0.15) is 5.56 Å². The molecule has 112 valence electrons. The minimum absolute atomic E-state index is 0.0874. The molecule has 0 fully saturated rings. The van der Waals surface area contributed by atoms with E-state index in [1.807, 2.05) is 13.0 Å². The number of halogens is 1. The van der Waals surface area contributed by atoms with E-state index in [0.29, 0.717) is 16.4 Å². The highest BCUT2D eigenvalue weighted by Crippen LogP contribution is 2.30. The zero-order valence-electron chi connectivity index (χ0n) is 11.6. The van der Waals surface area contributed by atoms with Gasteiger partial charge in [0.2, 0.25) is 10.0 Å². The molecule has 0 saturated heterocycles. The van der Waals surface area contributed by atoms with Gasteiger partial charge in [-0.05, 0) is 49.9 Å². The third-order valence-corrected chi connectivity index (χ3v) is 4.96. The van der Waals surface area contributed by atoms with Gasteiger partial charge < -0.3 is 11.1 Å². The fourth-order valence-electron chi connectivity index (χ4n) is 1.86. The number of nitrogens with two attached hydrogens (primary N) is 1. The van der Waals surface area contributed by atoms with Crippen LogP contribution < -0.4 is 15.8 Å². The second kappa shape index (κ2) is 5.93. The molecule has 0 heterocycles. The maximum atomic E-state index is 12.1. The standard InChI is InChI=1S/C14H16ClN3O2S/c1-9-11(15)4-3-5-12(9)18-13-7-6-10(16)8-14(13)21(19,20)17-2/h3-8,17-18H,16H2,1-2H3. The van der Waals surface area contributed by atoms with Crippen LogP contribution in [0.3, 0.4) is 0 Å². The van der Waals surface area contributed by atoms with E-state index in [4.69, 9.17) is 17.3 Å². The molecule has 0 radical (unpaired) electrons. The normalized spacial score (nSPS) is 11.4. The topological polar surface area (TPSA) is 84.2 Å². The van der Waals surface area contributed by atoms with Gasteiger partial charge >= 0.3 is 0 Å². The van der Waals surface area contributed by atoms with Crippen LogP contribution in [-0.4, -0.2) is 15.5 Å². The van der Waals surface area contributed by atoms with Gasteiger partial charge in [-0.3, -0.25) is 0 Å². The van der Waals surface area contributed by atoms with E-state index < -0.39 is 10.0 Å². The Morgan fingerprint density at radius 3 is 2.52 bits per heavy atom. The molecule has 2 aromatic carbocycles. The van der Waals surface area contributed by atoms with Gasteiger partial charge in [-0.25, -0.2) is 13.1 Å². The number of sulfonamides is 1. The van der Waals surface area contributed by atoms with Crippen LogP contribution in [0, 0.1) is 6.92 Å². The summed E-state index contributed by atoms with van der Waals surface area (Å²) in [6.07, 6.45) is 0. The number of rotatable bonds is 4. The minimum Gasteiger partial charge on any atom is -0.399 e. The van der Waals surface area contributed by atoms with Crippen LogP contribution in [0.15, 0.2) is 41.3 Å². The Bertz CT molecular complexity index is 776. The summed E-state index contributed by atoms with van der Waals surface area (Å²) >= 11 is 6.07. The van der Waals surface area contributed by atoms with Gasteiger partial charge in [0.1, 0.15) is 4.90 Å². The van der Waals surface area contributed by atoms with Crippen LogP contribution in [0.25, 0.3) is 0 Å². The lowest BCUT2D eigenvalue weighted by molar-refractivity contribution is 0.588. The van der Waals surface area contributed by atoms with E-state index >= 15 is 0 Å². The highest BCUT2D eigenvalue weighted by molar-refractivity contribution is 7.89. The van der Waals surface area contributed by atoms with Crippen molar-refractivity contribution in [2.75, 3.05) is 18.1 Å². The Kier molecular flexibility index (Phi) is 4.41. The van der Waals surface area contributed by atoms with Gasteiger partial charge in [0.25, 0.3) is 0 Å². The van der Waals surface area contributed by atoms with Gasteiger partial charge in [0.05, 0.1) is 5.69 Å². The molecule has 2 rings (SSSR count). The summed E-state index contributed by atoms with van der Waals surface area (Å²) in [4.78, 5) is 0.0874. The Morgan fingerprint density at radius 1 is 1.14 bits per heavy atom. The summed E-state index contributed by atoms with van der Waals surface area (Å²) in [5.41, 5.74) is 8.06. The highest BCUT2D eigenvalue weighted by atomic mass is 35.5. The quantitative estimate of drug-likeness (QED) is 0.755. The van der Waals surface area contributed by atoms with Crippen molar-refractivity contribution < 1.29 is 8.42 Å². The van der Waals surface area contributed by atoms with Gasteiger partial charge in [-0.15, -0.1) is 0 Å². The molecule has 0 aliphatic heterocycles. The summed E-state index contributed by atoms with van der Waals surface area (Å²) < 4.78 is 26.5. The molecule has 4 N–H and O–H groups in total. The van der Waals surface area contributed by atoms with E-state index in [2.05, 4.69) is 10.0 Å². The fourth-order valence-corrected chi connectivity index (χ4v) is 2.96. The summed E-state index contributed by atoms with van der Waals surface area (Å²) in [7, 11) is -2.27. The van der Waals surface area contributed by atoms with Gasteiger partial charge in [0.15, 0.2) is 0 Å². The minimum atomic E-state index is -3.62. The lowest BCUT2D eigenvalue weighted by atomic mass is 10.2. The number of nitrogens with one attached hydrogen (secondary N) is 2. The molecule has 7 heteroatoms. The van der Waals surface area contributed by atoms with Crippen LogP contribution in [0.5, 0.6) is 0 Å². The van der Waals surface area contributed by atoms with Crippen molar-refractivity contribution in [3.8, 4) is 0 Å². The Morgan fingerprint density at radius 2 is 1.86 bits per heavy atom. The lowest BCUT2D eigenvalue weighted by Gasteiger charge is -2.15. The zero-order chi connectivity index (χ0) is 15.6. The molecule has 0 atom stereocenters. The molecular formula is C14H16ClN3O2S. The van der Waals surface area contributed by atoms with E-state index in [0.717, 1.165) is 11.3 Å². The average Bonchev–Trinajstić information content (AvgIpc) is 2.45. The summed E-state index contributed by atoms with van der Waals surface area (Å²) in [5, 5.41) is 3.70. The van der Waals surface area contributed by atoms with Crippen LogP contribution in [0.2, 0.25) is 5.02 Å². The van der Waals surface area contributed by atoms with Crippen molar-refractivity contribution in [1.29, 1.82) is 0 Å². The Hall–Kier alpha value is -1.76. The van der Waals surface area contributed by atoms with Gasteiger partial charge in [0, 0.05) is 16.4 Å². The SMILES string of the molecule is CNS(=O)(=O)c1cc(N)ccc1Nc1cccc(Cl)c1C. The Labute approximate surface area is 129 Å². The molecule has 0 unspecified atom stereocenters. The second-order valence-corrected chi connectivity index (χ2v) is 6.76. The first-order chi connectivity index (χ1) is 9.85. The lowest BCUT2D eigenvalue weighted by Crippen LogP contribution is -2.20. The molecule has 0 bridgehead atoms. The van der Waals surface area contributed by atoms with Crippen molar-refractivity contribution in [1.82, 2.24) is 4.72 Å². The van der Waals surface area contributed by atoms with Crippen LogP contribution in [-0.2, 0) is 10.0 Å². The van der Waals surface area contributed by atoms with Crippen molar-refractivity contribution >= 4 is 38.7 Å². The first-order valence-electron chi connectivity index (χ1n) is 6.20. The first kappa shape index (κ1) is 15.6. The largest absolute Gasteiger partial charge is 0.399 e. The number of nitrogen functional groups attached to an aromatic ring is 1. The third kappa shape index (κ3) is 3.29. The first-order valence-corrected chi connectivity index (χ1v) is 8.06. The van der Waals surface area contributed by atoms with Gasteiger partial charge in [-0.2, -0.15) is 0 Å². The van der Waals surface area contributed by atoms with E-state index in [1.165, 1.54) is 13.1 Å². The van der Waals surface area contributed by atoms with Crippen molar-refractivity contribution in [2.45, 2.75) is 11.8 Å². The molecule has 0 aliphatic rings. The maximum absolute atomic E-state index is 12.1. The zero-order valence-corrected chi connectivity index (χ0v) is 13.2. The van der Waals surface area contributed by atoms with Crippen molar-refractivity contribution in [3.05, 3.63) is 47.0 Å². The molecule has 0 spiro atoms. The number of anilines is 3. The van der Waals surface area contributed by atoms with E-state index in [9.17, 15) is 8.42 Å². The predicted octanol–water partition coefficient (Wildman–Crippen LogP) is 2.88. The smallest absolute Gasteiger partial charge is 0.242 e. The third-order valence-electron chi connectivity index (χ3n) is 3.10. The summed E-state index contributed by atoms with van der Waals surface area (Å²) in [5.74, 6) is 0. The maximum Gasteiger partial charge on any atom is 0.242 e. The molecule has 0 saturated carbocycles. The van der Waals surface area contributed by atoms with Crippen molar-refractivity contribution in [2.24, 2.45) is 0 Å². The van der Waals surface area contributed by atoms with Crippen molar-refractivity contribution in [3.63, 3.8) is 0 Å². The second-order valence-electron chi connectivity index (χ2n) is 4.50. The monoisotopic (exact) mass is 325 g/mol. The number of hydrogen-bond acceptors (Lipinski definition) is 4. The number of hydrogen-bond donors (Lipinski definition) is 3. The summed E-state index contributed by atoms with van der Waals surface area (Å²) in [6, 6.07) is 10.1. The van der Waals surface area contributed by atoms with Crippen LogP contribution >= 0.6 is 11.6 Å². The highest BCUT2D eigenvalue weighted by Gasteiger charge is 2.17. The van der Waals surface area contributed by atoms with Crippen LogP contribution in [0.4, 0.5) is 17.1 Å². The Balaban J connectivity index is 2.53. The molecule has 2 aromatic rings. The molecular weight excluding hydrogens is 310 g/mol. The average molecular weight is 326 g/mol. The number of benzene rings is 2. The molecule has 0 aliphatic carbocycles. The molecule has 0 amide bonds. The van der Waals surface area contributed by atoms with E-state index in [-0.39, 0.29) is 4.90 Å². The van der Waals surface area contributed by atoms with Gasteiger partial charge in [-0.1, -0.05) is 17.7 Å². The molecule has 21 heavy (non-hydrogen) atoms. The predicted molar refractivity (Wildman–Crippen MR) is 86.6 cm³/mol. The molecule has 5 nitrogen and oxygen atoms in total. The fraction of sp³-hybridized carbons (Fsp3) is 0.143. The van der Waals surface area contributed by atoms with E-state index in [1.54, 1.807) is 24.3 Å². The molecule has 0 aromatic heterocycles. The summed E-state index contributed by atoms with van der Waals surface area (Å²) in [6.45, 7) is 1.86.